The lowest BCUT2D eigenvalue weighted by molar-refractivity contribution is -0.121. The zero-order chi connectivity index (χ0) is 35.7. The molecule has 0 aliphatic heterocycles. The fraction of sp³-hybridized carbons (Fsp3) is 0.978. The van der Waals surface area contributed by atoms with Gasteiger partial charge in [-0.15, -0.1) is 0 Å². The summed E-state index contributed by atoms with van der Waals surface area (Å²) in [6, 6.07) is 0. The summed E-state index contributed by atoms with van der Waals surface area (Å²) in [7, 11) is 0. The van der Waals surface area contributed by atoms with Gasteiger partial charge in [0.2, 0.25) is 5.91 Å². The summed E-state index contributed by atoms with van der Waals surface area (Å²) in [5.41, 5.74) is 0. The fourth-order valence-corrected chi connectivity index (χ4v) is 7.27. The van der Waals surface area contributed by atoms with E-state index in [-0.39, 0.29) is 5.91 Å². The second kappa shape index (κ2) is 41.8. The molecule has 0 aromatic heterocycles. The Labute approximate surface area is 308 Å². The molecule has 3 N–H and O–H groups in total. The number of unbranched alkanes of at least 4 members (excludes halogenated alkanes) is 34. The van der Waals surface area contributed by atoms with Gasteiger partial charge in [-0.3, -0.25) is 4.79 Å². The normalized spacial score (nSPS) is 12.8. The third-order valence-corrected chi connectivity index (χ3v) is 10.8. The van der Waals surface area contributed by atoms with E-state index in [1.54, 1.807) is 0 Å². The minimum absolute atomic E-state index is 0.0844. The van der Waals surface area contributed by atoms with E-state index in [9.17, 15) is 15.0 Å². The smallest absolute Gasteiger partial charge is 0.219 e. The lowest BCUT2D eigenvalue weighted by atomic mass is 10.0. The monoisotopic (exact) mass is 694 g/mol. The van der Waals surface area contributed by atoms with E-state index in [2.05, 4.69) is 19.2 Å². The molecule has 0 aliphatic rings. The number of nitrogens with one attached hydrogen (secondary N) is 1. The second-order valence-electron chi connectivity index (χ2n) is 15.8. The minimum atomic E-state index is -0.739. The summed E-state index contributed by atoms with van der Waals surface area (Å²) in [4.78, 5) is 12.2. The number of aliphatic hydroxyl groups excluding tert-OH is 2. The van der Waals surface area contributed by atoms with Crippen molar-refractivity contribution >= 4 is 5.91 Å². The molecule has 49 heavy (non-hydrogen) atoms. The van der Waals surface area contributed by atoms with Crippen molar-refractivity contribution in [2.45, 2.75) is 276 Å². The van der Waals surface area contributed by atoms with Gasteiger partial charge in [-0.1, -0.05) is 239 Å². The van der Waals surface area contributed by atoms with Gasteiger partial charge in [0.05, 0.1) is 12.2 Å². The van der Waals surface area contributed by atoms with Crippen LogP contribution in [0.25, 0.3) is 0 Å². The van der Waals surface area contributed by atoms with Crippen LogP contribution in [-0.2, 0) is 4.79 Å². The van der Waals surface area contributed by atoms with Crippen molar-refractivity contribution in [2.24, 2.45) is 0 Å². The Kier molecular flexibility index (Phi) is 41.3. The Hall–Kier alpha value is -0.610. The molecule has 4 nitrogen and oxygen atoms in total. The largest absolute Gasteiger partial charge is 0.390 e. The number of hydrogen-bond acceptors (Lipinski definition) is 3. The Morgan fingerprint density at radius 3 is 0.918 bits per heavy atom. The van der Waals surface area contributed by atoms with Gasteiger partial charge in [0, 0.05) is 13.0 Å². The molecule has 0 rings (SSSR count). The zero-order valence-electron chi connectivity index (χ0n) is 33.7. The van der Waals surface area contributed by atoms with Gasteiger partial charge < -0.3 is 15.5 Å². The molecule has 0 radical (unpaired) electrons. The van der Waals surface area contributed by atoms with E-state index in [0.717, 1.165) is 25.7 Å². The van der Waals surface area contributed by atoms with E-state index in [0.29, 0.717) is 25.8 Å². The van der Waals surface area contributed by atoms with E-state index < -0.39 is 12.2 Å². The molecule has 1 amide bonds. The van der Waals surface area contributed by atoms with Crippen LogP contribution in [0, 0.1) is 0 Å². The first-order chi connectivity index (χ1) is 24.1. The predicted octanol–water partition coefficient (Wildman–Crippen LogP) is 14.1. The third kappa shape index (κ3) is 40.0. The fourth-order valence-electron chi connectivity index (χ4n) is 7.27. The van der Waals surface area contributed by atoms with E-state index in [1.807, 2.05) is 0 Å². The molecule has 0 spiro atoms. The third-order valence-electron chi connectivity index (χ3n) is 10.8. The molecule has 0 aromatic rings. The highest BCUT2D eigenvalue weighted by Crippen LogP contribution is 2.17. The second-order valence-corrected chi connectivity index (χ2v) is 15.8. The Morgan fingerprint density at radius 2 is 0.612 bits per heavy atom. The first-order valence-electron chi connectivity index (χ1n) is 22.7. The van der Waals surface area contributed by atoms with Crippen molar-refractivity contribution in [3.8, 4) is 0 Å². The quantitative estimate of drug-likeness (QED) is 0.0557. The molecule has 2 unspecified atom stereocenters. The van der Waals surface area contributed by atoms with Crippen molar-refractivity contribution in [1.29, 1.82) is 0 Å². The summed E-state index contributed by atoms with van der Waals surface area (Å²) in [5.74, 6) is 0.0844. The van der Waals surface area contributed by atoms with Gasteiger partial charge in [0.1, 0.15) is 0 Å². The maximum absolute atomic E-state index is 12.2. The van der Waals surface area contributed by atoms with Gasteiger partial charge in [-0.05, 0) is 19.3 Å². The molecule has 0 aromatic carbocycles. The zero-order valence-corrected chi connectivity index (χ0v) is 33.7. The summed E-state index contributed by atoms with van der Waals surface area (Å²) >= 11 is 0. The van der Waals surface area contributed by atoms with Crippen LogP contribution < -0.4 is 5.32 Å². The van der Waals surface area contributed by atoms with Crippen LogP contribution in [0.5, 0.6) is 0 Å². The minimum Gasteiger partial charge on any atom is -0.390 e. The first kappa shape index (κ1) is 48.4. The molecule has 0 saturated carbocycles. The van der Waals surface area contributed by atoms with Gasteiger partial charge in [-0.25, -0.2) is 0 Å². The topological polar surface area (TPSA) is 69.6 Å². The highest BCUT2D eigenvalue weighted by Gasteiger charge is 2.15. The average Bonchev–Trinajstić information content (AvgIpc) is 3.10. The van der Waals surface area contributed by atoms with E-state index in [1.165, 1.54) is 205 Å². The average molecular weight is 694 g/mol. The molecule has 0 bridgehead atoms. The molecule has 0 fully saturated rings. The molecule has 294 valence electrons. The Balaban J connectivity index is 3.30. The van der Waals surface area contributed by atoms with Crippen LogP contribution in [-0.4, -0.2) is 34.9 Å². The SMILES string of the molecule is CCCCCCCCCCCCCCCCCCCCCCCCCCCC(=O)NCCC(O)C(O)CCCCCCCCCCCCC. The van der Waals surface area contributed by atoms with Crippen molar-refractivity contribution in [1.82, 2.24) is 5.32 Å². The van der Waals surface area contributed by atoms with Crippen LogP contribution >= 0.6 is 0 Å². The predicted molar refractivity (Wildman–Crippen MR) is 216 cm³/mol. The first-order valence-corrected chi connectivity index (χ1v) is 22.7. The van der Waals surface area contributed by atoms with Crippen LogP contribution in [0.15, 0.2) is 0 Å². The van der Waals surface area contributed by atoms with Crippen molar-refractivity contribution in [3.63, 3.8) is 0 Å². The maximum atomic E-state index is 12.2. The molecule has 0 saturated heterocycles. The summed E-state index contributed by atoms with van der Waals surface area (Å²) in [6.07, 6.45) is 49.1. The molecule has 0 aliphatic carbocycles. The van der Waals surface area contributed by atoms with Gasteiger partial charge in [0.25, 0.3) is 0 Å². The van der Waals surface area contributed by atoms with Crippen molar-refractivity contribution in [2.75, 3.05) is 6.54 Å². The number of aliphatic hydroxyl groups is 2. The molecule has 2 atom stereocenters. The highest BCUT2D eigenvalue weighted by atomic mass is 16.3. The van der Waals surface area contributed by atoms with Crippen LogP contribution in [0.1, 0.15) is 264 Å². The van der Waals surface area contributed by atoms with E-state index in [4.69, 9.17) is 0 Å². The number of hydrogen-bond donors (Lipinski definition) is 3. The highest BCUT2D eigenvalue weighted by molar-refractivity contribution is 5.75. The lowest BCUT2D eigenvalue weighted by Crippen LogP contribution is -2.32. The maximum Gasteiger partial charge on any atom is 0.219 e. The summed E-state index contributed by atoms with van der Waals surface area (Å²) in [6.45, 7) is 5.01. The van der Waals surface area contributed by atoms with Crippen molar-refractivity contribution < 1.29 is 15.0 Å². The summed E-state index contributed by atoms with van der Waals surface area (Å²) in [5, 5.41) is 23.5. The van der Waals surface area contributed by atoms with Crippen LogP contribution in [0.2, 0.25) is 0 Å². The van der Waals surface area contributed by atoms with Crippen LogP contribution in [0.3, 0.4) is 0 Å². The Bertz CT molecular complexity index is 626. The molecular weight excluding hydrogens is 602 g/mol. The summed E-state index contributed by atoms with van der Waals surface area (Å²) < 4.78 is 0. The van der Waals surface area contributed by atoms with Crippen molar-refractivity contribution in [3.05, 3.63) is 0 Å². The molecule has 0 heterocycles. The number of carbonyl (C=O) groups is 1. The van der Waals surface area contributed by atoms with Gasteiger partial charge in [0.15, 0.2) is 0 Å². The Morgan fingerprint density at radius 1 is 0.367 bits per heavy atom. The number of carbonyl (C=O) groups excluding carboxylic acids is 1. The number of rotatable bonds is 42. The molecular formula is C45H91NO3. The van der Waals surface area contributed by atoms with E-state index >= 15 is 0 Å². The van der Waals surface area contributed by atoms with Gasteiger partial charge >= 0.3 is 0 Å². The van der Waals surface area contributed by atoms with Crippen LogP contribution in [0.4, 0.5) is 0 Å². The van der Waals surface area contributed by atoms with Gasteiger partial charge in [-0.2, -0.15) is 0 Å². The lowest BCUT2D eigenvalue weighted by Gasteiger charge is -2.18. The molecule has 4 heteroatoms. The standard InChI is InChI=1S/C45H91NO3/c1-3-5-7-9-11-13-15-16-17-18-19-20-21-22-23-24-25-26-27-28-30-32-34-36-38-40-45(49)46-42-41-44(48)43(47)39-37-35-33-31-29-14-12-10-8-6-4-2/h43-44,47-48H,3-42H2,1-2H3,(H,46,49). The number of amides is 1.